The van der Waals surface area contributed by atoms with E-state index < -0.39 is 14.1 Å². The van der Waals surface area contributed by atoms with Gasteiger partial charge >= 0.3 is 8.32 Å². The molecule has 8 heteroatoms. The number of allylic oxidation sites excluding steroid dienone is 1. The smallest absolute Gasteiger partial charge is 0.319 e. The summed E-state index contributed by atoms with van der Waals surface area (Å²) in [6.07, 6.45) is 8.01. The summed E-state index contributed by atoms with van der Waals surface area (Å²) in [6.45, 7) is 17.3. The van der Waals surface area contributed by atoms with Crippen LogP contribution in [0.25, 0.3) is 6.08 Å². The molecule has 4 aromatic rings. The summed E-state index contributed by atoms with van der Waals surface area (Å²) in [7, 11) is -1.23. The van der Waals surface area contributed by atoms with E-state index in [2.05, 4.69) is 138 Å². The Balaban J connectivity index is 1.40. The van der Waals surface area contributed by atoms with Gasteiger partial charge in [0.25, 0.3) is 0 Å². The van der Waals surface area contributed by atoms with Gasteiger partial charge in [0.2, 0.25) is 0 Å². The molecule has 2 fully saturated rings. The summed E-state index contributed by atoms with van der Waals surface area (Å²) in [5.74, 6) is 1.09. The van der Waals surface area contributed by atoms with E-state index in [1.165, 1.54) is 21.5 Å². The quantitative estimate of drug-likeness (QED) is 0.0430. The Morgan fingerprint density at radius 3 is 2.12 bits per heavy atom. The minimum absolute atomic E-state index is 0.0470. The van der Waals surface area contributed by atoms with Gasteiger partial charge in [-0.2, -0.15) is 0 Å². The number of fused-ring (bicyclic) bond motifs is 1. The second kappa shape index (κ2) is 19.4. The first kappa shape index (κ1) is 43.6. The molecule has 0 radical (unpaired) electrons. The third kappa shape index (κ3) is 10.6. The molecule has 1 saturated carbocycles. The van der Waals surface area contributed by atoms with E-state index in [0.717, 1.165) is 48.3 Å². The van der Waals surface area contributed by atoms with Gasteiger partial charge in [0, 0.05) is 18.7 Å². The van der Waals surface area contributed by atoms with Gasteiger partial charge in [0.1, 0.15) is 30.5 Å². The topological polar surface area (TPSA) is 64.6 Å². The van der Waals surface area contributed by atoms with Crippen LogP contribution in [0, 0.1) is 5.92 Å². The lowest BCUT2D eigenvalue weighted by atomic mass is 9.72. The zero-order valence-electron chi connectivity index (χ0n) is 35.9. The van der Waals surface area contributed by atoms with Crippen molar-refractivity contribution >= 4 is 24.8 Å². The largest absolute Gasteiger partial charge is 0.534 e. The van der Waals surface area contributed by atoms with Crippen molar-refractivity contribution in [2.75, 3.05) is 33.7 Å². The minimum atomic E-state index is -2.90. The molecular formula is C50H64O7Si. The highest BCUT2D eigenvalue weighted by molar-refractivity contribution is 7.00. The standard InChI is InChI=1S/C50H64O7Si/c1-38(2)26-28-50-29-27-40(33-47(50)55-49(6,7)57-50)42(36-53-37-52-31-30-51-8)32-41-24-25-43(34-46(41)54-35-39-18-12-9-13-19-39)56-58(48(3,4)5,44-20-14-10-15-21-44)45-22-16-11-17-23-45/h9-26,32,34,40,47H,27-31,33,35-37H2,1-8H3/b42-32+/t40-,47+,50-/m1/s1. The van der Waals surface area contributed by atoms with E-state index in [1.807, 2.05) is 32.0 Å². The van der Waals surface area contributed by atoms with Gasteiger partial charge in [-0.25, -0.2) is 0 Å². The molecule has 0 spiro atoms. The summed E-state index contributed by atoms with van der Waals surface area (Å²) in [6, 6.07) is 38.1. The Hall–Kier alpha value is -4.02. The van der Waals surface area contributed by atoms with Crippen LogP contribution in [0.4, 0.5) is 0 Å². The molecule has 310 valence electrons. The summed E-state index contributed by atoms with van der Waals surface area (Å²) >= 11 is 0. The summed E-state index contributed by atoms with van der Waals surface area (Å²) in [4.78, 5) is 0. The van der Waals surface area contributed by atoms with Crippen molar-refractivity contribution in [1.29, 1.82) is 0 Å². The van der Waals surface area contributed by atoms with E-state index in [0.29, 0.717) is 26.4 Å². The first-order valence-electron chi connectivity index (χ1n) is 20.8. The van der Waals surface area contributed by atoms with E-state index >= 15 is 0 Å². The highest BCUT2D eigenvalue weighted by Gasteiger charge is 2.55. The summed E-state index contributed by atoms with van der Waals surface area (Å²) in [5, 5.41) is 2.24. The van der Waals surface area contributed by atoms with Crippen molar-refractivity contribution in [2.24, 2.45) is 5.92 Å². The van der Waals surface area contributed by atoms with Gasteiger partial charge in [-0.05, 0) is 104 Å². The van der Waals surface area contributed by atoms with Crippen molar-refractivity contribution < 1.29 is 32.8 Å². The fraction of sp³-hybridized carbons (Fsp3) is 0.440. The average molecular weight is 805 g/mol. The zero-order chi connectivity index (χ0) is 41.2. The maximum atomic E-state index is 7.49. The van der Waals surface area contributed by atoms with Crippen molar-refractivity contribution in [2.45, 2.75) is 103 Å². The van der Waals surface area contributed by atoms with E-state index in [-0.39, 0.29) is 29.5 Å². The van der Waals surface area contributed by atoms with E-state index in [1.54, 1.807) is 7.11 Å². The van der Waals surface area contributed by atoms with Crippen molar-refractivity contribution in [3.63, 3.8) is 0 Å². The van der Waals surface area contributed by atoms with Crippen LogP contribution in [0.15, 0.2) is 126 Å². The molecule has 1 saturated heterocycles. The molecule has 7 nitrogen and oxygen atoms in total. The molecule has 0 unspecified atom stereocenters. The van der Waals surface area contributed by atoms with Gasteiger partial charge in [-0.15, -0.1) is 0 Å². The molecule has 1 aliphatic carbocycles. The Morgan fingerprint density at radius 1 is 0.845 bits per heavy atom. The van der Waals surface area contributed by atoms with Crippen LogP contribution in [-0.2, 0) is 30.3 Å². The van der Waals surface area contributed by atoms with Crippen LogP contribution < -0.4 is 19.5 Å². The molecule has 0 bridgehead atoms. The van der Waals surface area contributed by atoms with Gasteiger partial charge in [-0.1, -0.05) is 123 Å². The number of hydrogen-bond acceptors (Lipinski definition) is 7. The van der Waals surface area contributed by atoms with Crippen molar-refractivity contribution in [3.8, 4) is 11.5 Å². The highest BCUT2D eigenvalue weighted by Crippen LogP contribution is 2.50. The molecule has 3 atom stereocenters. The SMILES string of the molecule is COCCOCOC/C(=C\c1ccc(O[Si](c2ccccc2)(c2ccccc2)C(C)(C)C)cc1OCc1ccccc1)[C@@H]1CC[C@@]2(CC=C(C)C)OC(C)(C)O[C@H]2C1. The van der Waals surface area contributed by atoms with Gasteiger partial charge in [-0.3, -0.25) is 0 Å². The Bertz CT molecular complexity index is 1910. The molecular weight excluding hydrogens is 741 g/mol. The monoisotopic (exact) mass is 804 g/mol. The van der Waals surface area contributed by atoms with Gasteiger partial charge in [0.15, 0.2) is 5.79 Å². The molecule has 6 rings (SSSR count). The number of methoxy groups -OCH3 is 1. The Labute approximate surface area is 348 Å². The van der Waals surface area contributed by atoms with Gasteiger partial charge < -0.3 is 32.8 Å². The second-order valence-electron chi connectivity index (χ2n) is 17.5. The van der Waals surface area contributed by atoms with Crippen LogP contribution in [0.2, 0.25) is 5.04 Å². The van der Waals surface area contributed by atoms with Crippen molar-refractivity contribution in [3.05, 3.63) is 138 Å². The first-order chi connectivity index (χ1) is 27.8. The third-order valence-electron chi connectivity index (χ3n) is 11.4. The summed E-state index contributed by atoms with van der Waals surface area (Å²) in [5.41, 5.74) is 4.17. The summed E-state index contributed by atoms with van der Waals surface area (Å²) < 4.78 is 44.8. The fourth-order valence-electron chi connectivity index (χ4n) is 8.57. The second-order valence-corrected chi connectivity index (χ2v) is 21.7. The Kier molecular flexibility index (Phi) is 14.5. The molecule has 1 heterocycles. The number of rotatable bonds is 18. The normalized spacial score (nSPS) is 20.7. The lowest BCUT2D eigenvalue weighted by Gasteiger charge is -2.43. The van der Waals surface area contributed by atoms with Gasteiger partial charge in [0.05, 0.1) is 25.9 Å². The van der Waals surface area contributed by atoms with Crippen LogP contribution in [0.3, 0.4) is 0 Å². The molecule has 0 aromatic heterocycles. The van der Waals surface area contributed by atoms with Crippen LogP contribution in [-0.4, -0.2) is 59.5 Å². The fourth-order valence-corrected chi connectivity index (χ4v) is 13.0. The van der Waals surface area contributed by atoms with Crippen molar-refractivity contribution in [1.82, 2.24) is 0 Å². The van der Waals surface area contributed by atoms with E-state index in [4.69, 9.17) is 32.8 Å². The lowest BCUT2D eigenvalue weighted by molar-refractivity contribution is -0.163. The minimum Gasteiger partial charge on any atom is -0.534 e. The van der Waals surface area contributed by atoms with Crippen LogP contribution >= 0.6 is 0 Å². The maximum Gasteiger partial charge on any atom is 0.319 e. The number of benzene rings is 4. The molecule has 0 amide bonds. The Morgan fingerprint density at radius 2 is 1.50 bits per heavy atom. The zero-order valence-corrected chi connectivity index (χ0v) is 36.9. The number of ether oxygens (including phenoxy) is 6. The predicted molar refractivity (Wildman–Crippen MR) is 236 cm³/mol. The molecule has 58 heavy (non-hydrogen) atoms. The maximum absolute atomic E-state index is 7.49. The average Bonchev–Trinajstić information content (AvgIpc) is 3.49. The van der Waals surface area contributed by atoms with Crippen LogP contribution in [0.1, 0.15) is 85.3 Å². The van der Waals surface area contributed by atoms with Crippen LogP contribution in [0.5, 0.6) is 11.5 Å². The predicted octanol–water partition coefficient (Wildman–Crippen LogP) is 10.3. The molecule has 1 aliphatic heterocycles. The first-order valence-corrected chi connectivity index (χ1v) is 22.7. The molecule has 0 N–H and O–H groups in total. The highest BCUT2D eigenvalue weighted by atomic mass is 28.4. The lowest BCUT2D eigenvalue weighted by Crippen LogP contribution is -2.68. The van der Waals surface area contributed by atoms with E-state index in [9.17, 15) is 0 Å². The molecule has 2 aliphatic rings. The third-order valence-corrected chi connectivity index (χ3v) is 16.3. The molecule has 4 aromatic carbocycles. The number of hydrogen-bond donors (Lipinski definition) is 0.